The molecule has 0 spiro atoms. The van der Waals surface area contributed by atoms with E-state index in [9.17, 15) is 0 Å². The highest BCUT2D eigenvalue weighted by Gasteiger charge is 2.10. The maximum absolute atomic E-state index is 4.48. The van der Waals surface area contributed by atoms with Gasteiger partial charge in [0.2, 0.25) is 5.52 Å². The number of hydrogen-bond donors (Lipinski definition) is 1. The van der Waals surface area contributed by atoms with Gasteiger partial charge in [0.1, 0.15) is 0 Å². The number of fused-ring (bicyclic) bond motifs is 1. The van der Waals surface area contributed by atoms with E-state index in [1.165, 1.54) is 16.5 Å². The van der Waals surface area contributed by atoms with Gasteiger partial charge in [-0.25, -0.2) is 0 Å². The molecule has 1 aromatic heterocycles. The topological polar surface area (TPSA) is 3.88 Å². The average Bonchev–Trinajstić information content (AvgIpc) is 2.40. The lowest BCUT2D eigenvalue weighted by atomic mass is 10.2. The summed E-state index contributed by atoms with van der Waals surface area (Å²) in [4.78, 5) is 0.990. The Morgan fingerprint density at radius 2 is 1.61 bits per heavy atom. The van der Waals surface area contributed by atoms with E-state index in [4.69, 9.17) is 0 Å². The second-order valence-corrected chi connectivity index (χ2v) is 4.89. The Hall–Kier alpha value is -1.80. The number of hydrogen-bond acceptors (Lipinski definition) is 1. The Morgan fingerprint density at radius 1 is 0.889 bits per heavy atom. The van der Waals surface area contributed by atoms with E-state index in [-0.39, 0.29) is 0 Å². The van der Waals surface area contributed by atoms with Crippen LogP contribution in [0.1, 0.15) is 5.56 Å². The Bertz CT molecular complexity index is 677. The molecule has 0 aliphatic carbocycles. The average molecular weight is 252 g/mol. The van der Waals surface area contributed by atoms with E-state index in [1.807, 2.05) is 6.07 Å². The molecule has 1 nitrogen and oxygen atoms in total. The molecule has 2 heteroatoms. The number of para-hydroxylation sites is 1. The molecule has 88 valence electrons. The van der Waals surface area contributed by atoms with Crippen LogP contribution in [0.4, 0.5) is 0 Å². The van der Waals surface area contributed by atoms with Crippen molar-refractivity contribution in [3.8, 4) is 0 Å². The van der Waals surface area contributed by atoms with Crippen LogP contribution in [0.15, 0.2) is 71.8 Å². The van der Waals surface area contributed by atoms with Crippen molar-refractivity contribution in [2.75, 3.05) is 0 Å². The van der Waals surface area contributed by atoms with Crippen LogP contribution in [0.2, 0.25) is 0 Å². The second-order valence-electron chi connectivity index (χ2n) is 4.37. The molecule has 18 heavy (non-hydrogen) atoms. The standard InChI is InChI=1S/C16H13NS/c18-15-10-14-8-4-5-9-16(14)17(12-15)11-13-6-2-1-3-7-13/h1-10,12H,11H2/p+1. The fourth-order valence-corrected chi connectivity index (χ4v) is 2.49. The zero-order valence-electron chi connectivity index (χ0n) is 9.95. The van der Waals surface area contributed by atoms with E-state index in [1.54, 1.807) is 0 Å². The molecule has 0 fully saturated rings. The second kappa shape index (κ2) is 4.83. The summed E-state index contributed by atoms with van der Waals surface area (Å²) < 4.78 is 2.24. The van der Waals surface area contributed by atoms with E-state index >= 15 is 0 Å². The SMILES string of the molecule is Sc1cc2ccccc2[n+](Cc2ccccc2)c1. The third-order valence-corrected chi connectivity index (χ3v) is 3.28. The molecule has 0 aliphatic heterocycles. The number of pyridine rings is 1. The summed E-state index contributed by atoms with van der Waals surface area (Å²) in [5.41, 5.74) is 2.53. The monoisotopic (exact) mass is 252 g/mol. The third-order valence-electron chi connectivity index (χ3n) is 3.03. The van der Waals surface area contributed by atoms with Crippen molar-refractivity contribution in [3.05, 3.63) is 72.4 Å². The van der Waals surface area contributed by atoms with Crippen LogP contribution in [0, 0.1) is 0 Å². The number of benzene rings is 2. The van der Waals surface area contributed by atoms with Crippen molar-refractivity contribution in [1.82, 2.24) is 0 Å². The number of thiol groups is 1. The highest BCUT2D eigenvalue weighted by Crippen LogP contribution is 2.14. The molecule has 0 radical (unpaired) electrons. The van der Waals surface area contributed by atoms with Gasteiger partial charge in [0.15, 0.2) is 12.7 Å². The molecule has 0 aliphatic rings. The summed E-state index contributed by atoms with van der Waals surface area (Å²) in [6.45, 7) is 0.871. The van der Waals surface area contributed by atoms with Crippen molar-refractivity contribution >= 4 is 23.5 Å². The van der Waals surface area contributed by atoms with Crippen LogP contribution in [0.5, 0.6) is 0 Å². The van der Waals surface area contributed by atoms with Crippen LogP contribution in [-0.4, -0.2) is 0 Å². The quantitative estimate of drug-likeness (QED) is 0.526. The van der Waals surface area contributed by atoms with Crippen LogP contribution in [0.25, 0.3) is 10.9 Å². The van der Waals surface area contributed by atoms with Gasteiger partial charge in [-0.15, -0.1) is 12.6 Å². The van der Waals surface area contributed by atoms with Crippen molar-refractivity contribution in [3.63, 3.8) is 0 Å². The lowest BCUT2D eigenvalue weighted by molar-refractivity contribution is -0.664. The molecule has 1 heterocycles. The van der Waals surface area contributed by atoms with Crippen molar-refractivity contribution in [2.24, 2.45) is 0 Å². The molecule has 0 N–H and O–H groups in total. The summed E-state index contributed by atoms with van der Waals surface area (Å²) in [5, 5.41) is 1.22. The van der Waals surface area contributed by atoms with Gasteiger partial charge in [0, 0.05) is 17.0 Å². The zero-order chi connectivity index (χ0) is 12.4. The number of nitrogens with zero attached hydrogens (tertiary/aromatic N) is 1. The minimum Gasteiger partial charge on any atom is -0.193 e. The molecule has 2 aromatic carbocycles. The molecular weight excluding hydrogens is 238 g/mol. The van der Waals surface area contributed by atoms with Gasteiger partial charge in [-0.05, 0) is 12.1 Å². The molecule has 3 aromatic rings. The van der Waals surface area contributed by atoms with Crippen LogP contribution in [0.3, 0.4) is 0 Å². The van der Waals surface area contributed by atoms with Gasteiger partial charge in [0.25, 0.3) is 0 Å². The van der Waals surface area contributed by atoms with Gasteiger partial charge in [0.05, 0.1) is 4.90 Å². The zero-order valence-corrected chi connectivity index (χ0v) is 10.8. The Balaban J connectivity index is 2.11. The highest BCUT2D eigenvalue weighted by atomic mass is 32.1. The number of aromatic nitrogens is 1. The maximum Gasteiger partial charge on any atom is 0.212 e. The molecular formula is C16H14NS+. The van der Waals surface area contributed by atoms with E-state index in [0.29, 0.717) is 0 Å². The Labute approximate surface area is 112 Å². The molecule has 0 bridgehead atoms. The molecule has 0 saturated carbocycles. The van der Waals surface area contributed by atoms with E-state index in [0.717, 1.165) is 11.4 Å². The molecule has 0 amide bonds. The first-order chi connectivity index (χ1) is 8.83. The molecule has 0 unspecified atom stereocenters. The minimum absolute atomic E-state index is 0.871. The maximum atomic E-state index is 4.48. The van der Waals surface area contributed by atoms with Crippen LogP contribution in [-0.2, 0) is 6.54 Å². The number of rotatable bonds is 2. The normalized spacial score (nSPS) is 10.7. The predicted octanol–water partition coefficient (Wildman–Crippen LogP) is 3.46. The van der Waals surface area contributed by atoms with Gasteiger partial charge in [-0.1, -0.05) is 42.5 Å². The first-order valence-corrected chi connectivity index (χ1v) is 6.43. The first-order valence-electron chi connectivity index (χ1n) is 5.98. The van der Waals surface area contributed by atoms with Crippen molar-refractivity contribution < 1.29 is 4.57 Å². The van der Waals surface area contributed by atoms with Crippen molar-refractivity contribution in [2.45, 2.75) is 11.4 Å². The van der Waals surface area contributed by atoms with Crippen LogP contribution < -0.4 is 4.57 Å². The summed E-state index contributed by atoms with van der Waals surface area (Å²) in [7, 11) is 0. The largest absolute Gasteiger partial charge is 0.212 e. The van der Waals surface area contributed by atoms with Crippen molar-refractivity contribution in [1.29, 1.82) is 0 Å². The molecule has 0 atom stereocenters. The fourth-order valence-electron chi connectivity index (χ4n) is 2.21. The van der Waals surface area contributed by atoms with Gasteiger partial charge < -0.3 is 0 Å². The lowest BCUT2D eigenvalue weighted by Crippen LogP contribution is -2.34. The predicted molar refractivity (Wildman–Crippen MR) is 76.9 cm³/mol. The Kier molecular flexibility index (Phi) is 3.03. The summed E-state index contributed by atoms with van der Waals surface area (Å²) in [6.07, 6.45) is 2.08. The fraction of sp³-hybridized carbons (Fsp3) is 0.0625. The van der Waals surface area contributed by atoms with Gasteiger partial charge in [-0.2, -0.15) is 4.57 Å². The minimum atomic E-state index is 0.871. The van der Waals surface area contributed by atoms with Gasteiger partial charge >= 0.3 is 0 Å². The molecule has 3 rings (SSSR count). The van der Waals surface area contributed by atoms with E-state index in [2.05, 4.69) is 78.0 Å². The lowest BCUT2D eigenvalue weighted by Gasteiger charge is -2.03. The smallest absolute Gasteiger partial charge is 0.193 e. The van der Waals surface area contributed by atoms with E-state index < -0.39 is 0 Å². The van der Waals surface area contributed by atoms with Crippen LogP contribution >= 0.6 is 12.6 Å². The highest BCUT2D eigenvalue weighted by molar-refractivity contribution is 7.80. The summed E-state index contributed by atoms with van der Waals surface area (Å²) >= 11 is 4.48. The summed E-state index contributed by atoms with van der Waals surface area (Å²) in [5.74, 6) is 0. The first kappa shape index (κ1) is 11.3. The Morgan fingerprint density at radius 3 is 2.44 bits per heavy atom. The summed E-state index contributed by atoms with van der Waals surface area (Å²) in [6, 6.07) is 21.0. The van der Waals surface area contributed by atoms with Gasteiger partial charge in [-0.3, -0.25) is 0 Å². The third kappa shape index (κ3) is 2.24. The molecule has 0 saturated heterocycles.